The van der Waals surface area contributed by atoms with Crippen molar-refractivity contribution >= 4 is 40.3 Å². The Balaban J connectivity index is 1.49. The van der Waals surface area contributed by atoms with Crippen molar-refractivity contribution in [1.82, 2.24) is 10.5 Å². The van der Waals surface area contributed by atoms with Crippen LogP contribution in [0.5, 0.6) is 5.75 Å². The molecule has 1 aliphatic rings. The second-order valence-electron chi connectivity index (χ2n) is 7.89. The molecule has 1 aliphatic carbocycles. The van der Waals surface area contributed by atoms with E-state index in [2.05, 4.69) is 15.8 Å². The number of Topliss-reactive ketones (excluding diaryl/α,β-unsaturated/α-hetero) is 2. The van der Waals surface area contributed by atoms with Crippen molar-refractivity contribution in [2.24, 2.45) is 0 Å². The van der Waals surface area contributed by atoms with E-state index in [0.717, 1.165) is 17.1 Å². The zero-order valence-corrected chi connectivity index (χ0v) is 19.4. The van der Waals surface area contributed by atoms with Crippen molar-refractivity contribution in [3.8, 4) is 5.75 Å². The Bertz CT molecular complexity index is 1210. The number of carbonyl (C=O) groups is 3. The zero-order valence-electron chi connectivity index (χ0n) is 18.5. The van der Waals surface area contributed by atoms with Crippen LogP contribution in [0.4, 0.5) is 11.5 Å². The average Bonchev–Trinajstić information content (AvgIpc) is 3.52. The molecule has 0 radical (unpaired) electrons. The fraction of sp³-hybridized carbons (Fsp3) is 0.364. The van der Waals surface area contributed by atoms with E-state index in [1.54, 1.807) is 13.0 Å². The van der Waals surface area contributed by atoms with Gasteiger partial charge in [0.15, 0.2) is 11.6 Å². The highest BCUT2D eigenvalue weighted by atomic mass is 32.1. The maximum absolute atomic E-state index is 12.8. The van der Waals surface area contributed by atoms with Crippen LogP contribution in [0.15, 0.2) is 32.5 Å². The molecule has 1 saturated carbocycles. The predicted molar refractivity (Wildman–Crippen MR) is 121 cm³/mol. The summed E-state index contributed by atoms with van der Waals surface area (Å²) in [5.41, 5.74) is 0.202. The van der Waals surface area contributed by atoms with Gasteiger partial charge in [-0.1, -0.05) is 12.1 Å². The number of hydrogen-bond donors (Lipinski definition) is 3. The summed E-state index contributed by atoms with van der Waals surface area (Å²) < 4.78 is 10.7. The molecule has 10 nitrogen and oxygen atoms in total. The monoisotopic (exact) mass is 472 g/mol. The van der Waals surface area contributed by atoms with Gasteiger partial charge in [0.1, 0.15) is 34.2 Å². The fourth-order valence-electron chi connectivity index (χ4n) is 3.63. The largest absolute Gasteiger partial charge is 0.504 e. The van der Waals surface area contributed by atoms with Crippen molar-refractivity contribution in [3.05, 3.63) is 45.7 Å². The quantitative estimate of drug-likeness (QED) is 0.422. The van der Waals surface area contributed by atoms with E-state index >= 15 is 0 Å². The molecule has 3 N–H and O–H groups in total. The lowest BCUT2D eigenvalue weighted by Gasteiger charge is -2.36. The van der Waals surface area contributed by atoms with Gasteiger partial charge in [0.25, 0.3) is 5.91 Å². The van der Waals surface area contributed by atoms with E-state index in [1.165, 1.54) is 17.3 Å². The maximum Gasteiger partial charge on any atom is 0.273 e. The molecule has 2 unspecified atom stereocenters. The second-order valence-corrected chi connectivity index (χ2v) is 8.77. The van der Waals surface area contributed by atoms with Crippen LogP contribution in [-0.2, 0) is 9.59 Å². The van der Waals surface area contributed by atoms with Gasteiger partial charge < -0.3 is 19.4 Å². The maximum atomic E-state index is 12.8. The fourth-order valence-corrected chi connectivity index (χ4v) is 4.51. The number of anilines is 2. The number of carbonyl (C=O) groups excluding carboxylic acids is 3. The van der Waals surface area contributed by atoms with Crippen molar-refractivity contribution in [1.29, 1.82) is 0 Å². The van der Waals surface area contributed by atoms with E-state index in [-0.39, 0.29) is 22.4 Å². The number of nitrogens with zero attached hydrogens (tertiary/aromatic N) is 2. The van der Waals surface area contributed by atoms with Gasteiger partial charge in [-0.15, -0.1) is 11.3 Å². The van der Waals surface area contributed by atoms with Gasteiger partial charge in [-0.2, -0.15) is 0 Å². The standard InChI is InChI=1S/C22H24N4O6S/c1-5-12(14-7-6-10(2)31-14)23-16-17(20(29)19(16)28)24-13-9-33-21(18(13)27)22(30)26(4)15-8-11(3)32-25-15/h6-9,12,16-17,23-24,27H,5H2,1-4H3/t12-,16?,17?/m1/s1. The van der Waals surface area contributed by atoms with Gasteiger partial charge in [-0.25, -0.2) is 0 Å². The van der Waals surface area contributed by atoms with Gasteiger partial charge in [0, 0.05) is 18.5 Å². The van der Waals surface area contributed by atoms with Crippen LogP contribution >= 0.6 is 11.3 Å². The number of nitrogens with one attached hydrogen (secondary N) is 2. The molecule has 3 heterocycles. The number of aromatic hydroxyl groups is 1. The summed E-state index contributed by atoms with van der Waals surface area (Å²) in [5.74, 6) is 0.376. The summed E-state index contributed by atoms with van der Waals surface area (Å²) in [6.45, 7) is 5.48. The van der Waals surface area contributed by atoms with Crippen molar-refractivity contribution in [2.75, 3.05) is 17.3 Å². The van der Waals surface area contributed by atoms with E-state index in [9.17, 15) is 19.5 Å². The lowest BCUT2D eigenvalue weighted by molar-refractivity contribution is -0.145. The number of thiophene rings is 1. The Morgan fingerprint density at radius 2 is 1.97 bits per heavy atom. The highest BCUT2D eigenvalue weighted by Gasteiger charge is 2.50. The van der Waals surface area contributed by atoms with Gasteiger partial charge in [-0.05, 0) is 32.4 Å². The van der Waals surface area contributed by atoms with Gasteiger partial charge in [0.05, 0.1) is 11.7 Å². The summed E-state index contributed by atoms with van der Waals surface area (Å²) >= 11 is 1.02. The molecule has 4 rings (SSSR count). The molecule has 0 saturated heterocycles. The minimum Gasteiger partial charge on any atom is -0.504 e. The third-order valence-corrected chi connectivity index (χ3v) is 6.53. The lowest BCUT2D eigenvalue weighted by Crippen LogP contribution is -2.67. The first-order valence-electron chi connectivity index (χ1n) is 10.4. The molecule has 33 heavy (non-hydrogen) atoms. The first-order chi connectivity index (χ1) is 15.7. The van der Waals surface area contributed by atoms with Gasteiger partial charge in [-0.3, -0.25) is 24.6 Å². The van der Waals surface area contributed by atoms with E-state index < -0.39 is 29.6 Å². The highest BCUT2D eigenvalue weighted by Crippen LogP contribution is 2.37. The second kappa shape index (κ2) is 8.83. The summed E-state index contributed by atoms with van der Waals surface area (Å²) in [6.07, 6.45) is 0.647. The molecule has 3 aromatic rings. The molecule has 0 aliphatic heterocycles. The Morgan fingerprint density at radius 1 is 1.24 bits per heavy atom. The zero-order chi connectivity index (χ0) is 23.9. The number of furan rings is 1. The van der Waals surface area contributed by atoms with Crippen LogP contribution in [0.2, 0.25) is 0 Å². The summed E-state index contributed by atoms with van der Waals surface area (Å²) in [5, 5.41) is 22.1. The third kappa shape index (κ3) is 4.16. The first-order valence-corrected chi connectivity index (χ1v) is 11.3. The number of ketones is 2. The van der Waals surface area contributed by atoms with Crippen LogP contribution in [-0.4, -0.2) is 46.9 Å². The number of hydrogen-bond acceptors (Lipinski definition) is 10. The van der Waals surface area contributed by atoms with Crippen LogP contribution in [0.3, 0.4) is 0 Å². The molecule has 0 aromatic carbocycles. The Morgan fingerprint density at radius 3 is 2.58 bits per heavy atom. The Labute approximate surface area is 193 Å². The topological polar surface area (TPSA) is 138 Å². The first kappa shape index (κ1) is 22.7. The van der Waals surface area contributed by atoms with Gasteiger partial charge in [0.2, 0.25) is 11.6 Å². The molecule has 3 atom stereocenters. The molecule has 1 amide bonds. The number of amides is 1. The molecule has 3 aromatic heterocycles. The number of aromatic nitrogens is 1. The molecule has 174 valence electrons. The molecular weight excluding hydrogens is 448 g/mol. The van der Waals surface area contributed by atoms with Crippen LogP contribution in [0.1, 0.15) is 46.3 Å². The molecular formula is C22H24N4O6S. The average molecular weight is 473 g/mol. The lowest BCUT2D eigenvalue weighted by atomic mass is 9.82. The SMILES string of the molecule is CC[C@@H](NC1C(=O)C(=O)C1Nc1csc(C(=O)N(C)c2cc(C)on2)c1O)c1ccc(C)o1. The third-order valence-electron chi connectivity index (χ3n) is 5.57. The van der Waals surface area contributed by atoms with Crippen molar-refractivity contribution < 1.29 is 28.4 Å². The predicted octanol–water partition coefficient (Wildman–Crippen LogP) is 2.97. The molecule has 0 spiro atoms. The van der Waals surface area contributed by atoms with Crippen molar-refractivity contribution in [2.45, 2.75) is 45.3 Å². The highest BCUT2D eigenvalue weighted by molar-refractivity contribution is 7.13. The summed E-state index contributed by atoms with van der Waals surface area (Å²) in [4.78, 5) is 38.7. The van der Waals surface area contributed by atoms with Crippen molar-refractivity contribution in [3.63, 3.8) is 0 Å². The summed E-state index contributed by atoms with van der Waals surface area (Å²) in [6, 6.07) is 3.36. The van der Waals surface area contributed by atoms with Crippen LogP contribution < -0.4 is 15.5 Å². The van der Waals surface area contributed by atoms with Gasteiger partial charge >= 0.3 is 0 Å². The molecule has 1 fully saturated rings. The van der Waals surface area contributed by atoms with E-state index in [1.807, 2.05) is 26.0 Å². The normalized spacial score (nSPS) is 18.8. The van der Waals surface area contributed by atoms with Crippen LogP contribution in [0.25, 0.3) is 0 Å². The van der Waals surface area contributed by atoms with E-state index in [0.29, 0.717) is 23.8 Å². The number of aryl methyl sites for hydroxylation is 2. The Hall–Kier alpha value is -3.44. The van der Waals surface area contributed by atoms with Crippen LogP contribution in [0, 0.1) is 13.8 Å². The number of rotatable bonds is 8. The smallest absolute Gasteiger partial charge is 0.273 e. The minimum absolute atomic E-state index is 0.0701. The van der Waals surface area contributed by atoms with E-state index in [4.69, 9.17) is 8.94 Å². The molecule has 11 heteroatoms. The Kier molecular flexibility index (Phi) is 6.09. The molecule has 0 bridgehead atoms. The summed E-state index contributed by atoms with van der Waals surface area (Å²) in [7, 11) is 1.52. The minimum atomic E-state index is -0.873.